The van der Waals surface area contributed by atoms with E-state index < -0.39 is 12.1 Å². The third-order valence-electron chi connectivity index (χ3n) is 6.55. The van der Waals surface area contributed by atoms with Gasteiger partial charge in [-0.15, -0.1) is 0 Å². The van der Waals surface area contributed by atoms with Crippen LogP contribution in [0.25, 0.3) is 0 Å². The molecule has 36 heavy (non-hydrogen) atoms. The van der Waals surface area contributed by atoms with Crippen molar-refractivity contribution in [2.24, 2.45) is 0 Å². The number of ether oxygens (including phenoxy) is 1. The van der Waals surface area contributed by atoms with Crippen LogP contribution in [0.5, 0.6) is 5.75 Å². The highest BCUT2D eigenvalue weighted by Gasteiger charge is 2.21. The summed E-state index contributed by atoms with van der Waals surface area (Å²) in [6.45, 7) is 0.344. The average molecular weight is 480 g/mol. The third-order valence-corrected chi connectivity index (χ3v) is 6.55. The molecule has 3 aromatic carbocycles. The minimum absolute atomic E-state index is 0.0375. The Morgan fingerprint density at radius 1 is 0.944 bits per heavy atom. The lowest BCUT2D eigenvalue weighted by Gasteiger charge is -2.21. The monoisotopic (exact) mass is 479 g/mol. The minimum Gasteiger partial charge on any atom is -0.478 e. The van der Waals surface area contributed by atoms with Crippen LogP contribution in [0.1, 0.15) is 46.7 Å². The summed E-state index contributed by atoms with van der Waals surface area (Å²) >= 11 is 0. The zero-order chi connectivity index (χ0) is 24.7. The molecule has 6 heteroatoms. The molecule has 1 atom stereocenters. The van der Waals surface area contributed by atoms with Gasteiger partial charge in [-0.25, -0.2) is 4.79 Å². The van der Waals surface area contributed by atoms with Gasteiger partial charge in [-0.3, -0.25) is 0 Å². The van der Waals surface area contributed by atoms with Crippen molar-refractivity contribution in [2.75, 3.05) is 0 Å². The summed E-state index contributed by atoms with van der Waals surface area (Å²) in [6.07, 6.45) is 8.21. The van der Waals surface area contributed by atoms with Crippen LogP contribution in [0.2, 0.25) is 0 Å². The summed E-state index contributed by atoms with van der Waals surface area (Å²) in [7, 11) is 0. The maximum atomic E-state index is 11.9. The van der Waals surface area contributed by atoms with Gasteiger partial charge in [-0.05, 0) is 60.1 Å². The number of allylic oxidation sites excluding steroid dienone is 1. The lowest BCUT2D eigenvalue weighted by Crippen LogP contribution is -2.25. The number of carboxylic acid groups (broad SMARTS) is 1. The Morgan fingerprint density at radius 3 is 2.33 bits per heavy atom. The van der Waals surface area contributed by atoms with Crippen LogP contribution in [-0.2, 0) is 24.2 Å². The van der Waals surface area contributed by atoms with Gasteiger partial charge in [0.1, 0.15) is 5.75 Å². The van der Waals surface area contributed by atoms with E-state index >= 15 is 0 Å². The number of aliphatic carboxylic acids is 1. The summed E-state index contributed by atoms with van der Waals surface area (Å²) in [5, 5.41) is 18.9. The smallest absolute Gasteiger partial charge is 0.349 e. The molecule has 182 valence electrons. The maximum Gasteiger partial charge on any atom is 0.349 e. The maximum absolute atomic E-state index is 11.9. The Kier molecular flexibility index (Phi) is 7.22. The van der Waals surface area contributed by atoms with E-state index in [1.54, 1.807) is 23.1 Å². The summed E-state index contributed by atoms with van der Waals surface area (Å²) in [5.41, 5.74) is 5.50. The minimum atomic E-state index is -1.07. The number of carboxylic acids is 1. The van der Waals surface area contributed by atoms with Crippen LogP contribution in [0, 0.1) is 0 Å². The first kappa shape index (κ1) is 23.5. The first-order valence-electron chi connectivity index (χ1n) is 12.4. The fraction of sp³-hybridized carbons (Fsp3) is 0.233. The third kappa shape index (κ3) is 5.38. The zero-order valence-electron chi connectivity index (χ0n) is 20.0. The predicted octanol–water partition coefficient (Wildman–Crippen LogP) is 5.43. The number of fused-ring (bicyclic) bond motifs is 1. The van der Waals surface area contributed by atoms with Gasteiger partial charge in [0.05, 0.1) is 24.4 Å². The largest absolute Gasteiger partial charge is 0.478 e. The average Bonchev–Trinajstić information content (AvgIpc) is 3.38. The van der Waals surface area contributed by atoms with Gasteiger partial charge in [0.15, 0.2) is 0 Å². The highest BCUT2D eigenvalue weighted by Crippen LogP contribution is 2.31. The number of aromatic nitrogens is 3. The van der Waals surface area contributed by atoms with Crippen molar-refractivity contribution in [2.45, 2.75) is 44.2 Å². The molecule has 1 heterocycles. The van der Waals surface area contributed by atoms with E-state index in [9.17, 15) is 9.90 Å². The molecule has 1 N–H and O–H groups in total. The molecule has 0 bridgehead atoms. The van der Waals surface area contributed by atoms with Crippen LogP contribution in [0.15, 0.2) is 97.2 Å². The second-order valence-corrected chi connectivity index (χ2v) is 8.98. The van der Waals surface area contributed by atoms with Crippen LogP contribution in [-0.4, -0.2) is 32.2 Å². The van der Waals surface area contributed by atoms with Gasteiger partial charge in [0, 0.05) is 0 Å². The second-order valence-electron chi connectivity index (χ2n) is 8.98. The predicted molar refractivity (Wildman–Crippen MR) is 138 cm³/mol. The highest BCUT2D eigenvalue weighted by atomic mass is 16.5. The molecule has 0 spiro atoms. The molecule has 0 saturated carbocycles. The molecule has 1 aliphatic carbocycles. The second kappa shape index (κ2) is 11.0. The summed E-state index contributed by atoms with van der Waals surface area (Å²) in [5.74, 6) is -0.399. The van der Waals surface area contributed by atoms with Crippen LogP contribution < -0.4 is 4.74 Å². The quantitative estimate of drug-likeness (QED) is 0.324. The van der Waals surface area contributed by atoms with Gasteiger partial charge in [-0.1, -0.05) is 78.9 Å². The van der Waals surface area contributed by atoms with E-state index in [2.05, 4.69) is 35.4 Å². The number of nitrogens with zero attached hydrogens (tertiary/aromatic N) is 3. The number of carbonyl (C=O) groups is 1. The number of rotatable bonds is 9. The molecule has 6 nitrogen and oxygen atoms in total. The highest BCUT2D eigenvalue weighted by molar-refractivity contribution is 5.75. The van der Waals surface area contributed by atoms with Gasteiger partial charge < -0.3 is 9.84 Å². The van der Waals surface area contributed by atoms with Crippen molar-refractivity contribution in [1.29, 1.82) is 0 Å². The van der Waals surface area contributed by atoms with E-state index in [-0.39, 0.29) is 5.92 Å². The number of aryl methyl sites for hydroxylation is 1. The Labute approximate surface area is 210 Å². The summed E-state index contributed by atoms with van der Waals surface area (Å²) < 4.78 is 5.93. The van der Waals surface area contributed by atoms with Crippen molar-refractivity contribution >= 4 is 5.97 Å². The van der Waals surface area contributed by atoms with E-state index in [1.807, 2.05) is 48.5 Å². The molecule has 4 aromatic rings. The van der Waals surface area contributed by atoms with Crippen molar-refractivity contribution in [3.05, 3.63) is 125 Å². The van der Waals surface area contributed by atoms with E-state index in [1.165, 1.54) is 5.56 Å². The molecule has 1 unspecified atom stereocenters. The van der Waals surface area contributed by atoms with Crippen LogP contribution >= 0.6 is 0 Å². The lowest BCUT2D eigenvalue weighted by molar-refractivity contribution is -0.142. The fourth-order valence-electron chi connectivity index (χ4n) is 4.80. The summed E-state index contributed by atoms with van der Waals surface area (Å²) in [4.78, 5) is 13.5. The zero-order valence-corrected chi connectivity index (χ0v) is 20.0. The molecule has 0 fully saturated rings. The molecular weight excluding hydrogens is 450 g/mol. The Morgan fingerprint density at radius 2 is 1.64 bits per heavy atom. The molecule has 1 aliphatic rings. The molecule has 0 radical (unpaired) electrons. The number of benzene rings is 3. The number of hydrogen-bond donors (Lipinski definition) is 1. The van der Waals surface area contributed by atoms with E-state index in [4.69, 9.17) is 9.84 Å². The first-order valence-corrected chi connectivity index (χ1v) is 12.4. The van der Waals surface area contributed by atoms with Crippen LogP contribution in [0.3, 0.4) is 0 Å². The van der Waals surface area contributed by atoms with Gasteiger partial charge in [0.25, 0.3) is 0 Å². The van der Waals surface area contributed by atoms with Gasteiger partial charge in [0.2, 0.25) is 6.10 Å². The van der Waals surface area contributed by atoms with Crippen molar-refractivity contribution in [3.63, 3.8) is 0 Å². The molecule has 0 aliphatic heterocycles. The molecule has 5 rings (SSSR count). The van der Waals surface area contributed by atoms with Crippen LogP contribution in [0.4, 0.5) is 0 Å². The molecular formula is C30H29N3O3. The van der Waals surface area contributed by atoms with E-state index in [0.717, 1.165) is 48.1 Å². The standard InChI is InChI=1S/C30H29N3O3/c34-30(35)28(36-27-18-9-16-22-11-7-8-17-25(22)27)19-10-20-33-31-21-26(32-33)29(23-12-3-1-4-13-23)24-14-5-2-6-15-24/h1-6,9-10,12-16,18-19,21,28-29H,7-8,11,17,20H2,(H,34,35). The topological polar surface area (TPSA) is 77.2 Å². The van der Waals surface area contributed by atoms with Gasteiger partial charge in [-0.2, -0.15) is 15.0 Å². The molecule has 0 saturated heterocycles. The molecule has 0 amide bonds. The lowest BCUT2D eigenvalue weighted by atomic mass is 9.89. The summed E-state index contributed by atoms with van der Waals surface area (Å²) in [6, 6.07) is 26.4. The number of hydrogen-bond acceptors (Lipinski definition) is 4. The van der Waals surface area contributed by atoms with Crippen molar-refractivity contribution in [1.82, 2.24) is 15.0 Å². The van der Waals surface area contributed by atoms with Gasteiger partial charge >= 0.3 is 5.97 Å². The van der Waals surface area contributed by atoms with E-state index in [0.29, 0.717) is 12.3 Å². The Hall–Kier alpha value is -4.19. The molecule has 1 aromatic heterocycles. The SMILES string of the molecule is O=C(O)C(C=CCn1ncc(C(c2ccccc2)c2ccccc2)n1)Oc1cccc2c1CCCC2. The van der Waals surface area contributed by atoms with Crippen molar-refractivity contribution in [3.8, 4) is 5.75 Å². The van der Waals surface area contributed by atoms with Crippen molar-refractivity contribution < 1.29 is 14.6 Å². The Balaban J connectivity index is 1.31. The first-order chi connectivity index (χ1) is 17.7. The normalized spacial score (nSPS) is 14.0. The Bertz CT molecular complexity index is 1290. The fourth-order valence-corrected chi connectivity index (χ4v) is 4.80.